The second-order valence-corrected chi connectivity index (χ2v) is 17.0. The molecule has 0 heterocycles. The first-order chi connectivity index (χ1) is 21.3. The lowest BCUT2D eigenvalue weighted by Crippen LogP contribution is -2.47. The van der Waals surface area contributed by atoms with Crippen molar-refractivity contribution in [2.24, 2.45) is 0 Å². The Morgan fingerprint density at radius 1 is 0.822 bits per heavy atom. The molecule has 0 fully saturated rings. The Kier molecular flexibility index (Phi) is 20.3. The standard InChI is InChI=1S/C33H58O11Si/c1-25(44-45(10,11)33(2,3)4)31(42-23-36-6)20-28(41-22-35-5)16-17-29(34)32(43-24-37-7)30(39-9)18-19-40-21-26-12-14-27(38-8)15-13-26/h12-15,25,28-32,34H,18-24H2,1-11H3/t25-,28+,29-,30+,31+,32+/m0/s1. The van der Waals surface area contributed by atoms with Gasteiger partial charge in [-0.3, -0.25) is 0 Å². The molecule has 0 bridgehead atoms. The second kappa shape index (κ2) is 22.1. The SMILES string of the molecule is COCO[C@H]([C@@H](O)C#C[C@H](C[C@@H](OCOC)[C@H](C)O[Si](C)(C)C(C)(C)C)OCOC)[C@@H](CCOCc1ccc(OC)cc1)OC. The van der Waals surface area contributed by atoms with E-state index >= 15 is 0 Å². The van der Waals surface area contributed by atoms with E-state index in [9.17, 15) is 5.11 Å². The largest absolute Gasteiger partial charge is 0.497 e. The Morgan fingerprint density at radius 3 is 1.98 bits per heavy atom. The lowest BCUT2D eigenvalue weighted by molar-refractivity contribution is -0.151. The molecular formula is C33H58O11Si. The number of hydrogen-bond acceptors (Lipinski definition) is 11. The van der Waals surface area contributed by atoms with Gasteiger partial charge < -0.3 is 52.2 Å². The normalized spacial score (nSPS) is 16.3. The minimum Gasteiger partial charge on any atom is -0.497 e. The average molecular weight is 659 g/mol. The molecular weight excluding hydrogens is 600 g/mol. The summed E-state index contributed by atoms with van der Waals surface area (Å²) in [6.07, 6.45) is -3.00. The van der Waals surface area contributed by atoms with Crippen LogP contribution >= 0.6 is 0 Å². The van der Waals surface area contributed by atoms with Crippen molar-refractivity contribution in [2.75, 3.05) is 62.5 Å². The first-order valence-electron chi connectivity index (χ1n) is 15.2. The molecule has 260 valence electrons. The van der Waals surface area contributed by atoms with E-state index in [1.165, 1.54) is 14.2 Å². The minimum atomic E-state index is -2.08. The highest BCUT2D eigenvalue weighted by molar-refractivity contribution is 6.74. The number of benzene rings is 1. The highest BCUT2D eigenvalue weighted by Crippen LogP contribution is 2.38. The summed E-state index contributed by atoms with van der Waals surface area (Å²) in [4.78, 5) is 0. The first-order valence-corrected chi connectivity index (χ1v) is 18.2. The van der Waals surface area contributed by atoms with Crippen molar-refractivity contribution in [3.05, 3.63) is 29.8 Å². The third-order valence-corrected chi connectivity index (χ3v) is 12.3. The monoisotopic (exact) mass is 658 g/mol. The van der Waals surface area contributed by atoms with Crippen molar-refractivity contribution < 1.29 is 52.2 Å². The molecule has 0 aliphatic carbocycles. The van der Waals surface area contributed by atoms with Gasteiger partial charge in [0.1, 0.15) is 44.4 Å². The summed E-state index contributed by atoms with van der Waals surface area (Å²) in [5.74, 6) is 6.75. The Hall–Kier alpha value is -1.60. The van der Waals surface area contributed by atoms with Gasteiger partial charge in [-0.05, 0) is 49.2 Å². The van der Waals surface area contributed by atoms with Gasteiger partial charge in [0.2, 0.25) is 0 Å². The fraction of sp³-hybridized carbons (Fsp3) is 0.758. The van der Waals surface area contributed by atoms with Gasteiger partial charge >= 0.3 is 0 Å². The zero-order chi connectivity index (χ0) is 33.9. The average Bonchev–Trinajstić information content (AvgIpc) is 3.00. The van der Waals surface area contributed by atoms with Crippen molar-refractivity contribution in [1.82, 2.24) is 0 Å². The molecule has 0 aliphatic heterocycles. The molecule has 1 rings (SSSR count). The fourth-order valence-corrected chi connectivity index (χ4v) is 5.57. The molecule has 0 saturated heterocycles. The Bertz CT molecular complexity index is 958. The van der Waals surface area contributed by atoms with Crippen LogP contribution in [0.1, 0.15) is 46.1 Å². The molecule has 11 nitrogen and oxygen atoms in total. The lowest BCUT2D eigenvalue weighted by Gasteiger charge is -2.40. The molecule has 1 aromatic rings. The van der Waals surface area contributed by atoms with E-state index in [0.29, 0.717) is 26.1 Å². The molecule has 0 spiro atoms. The van der Waals surface area contributed by atoms with Crippen LogP contribution in [-0.2, 0) is 48.9 Å². The topological polar surface area (TPSA) is 113 Å². The predicted octanol–water partition coefficient (Wildman–Crippen LogP) is 4.75. The Morgan fingerprint density at radius 2 is 1.42 bits per heavy atom. The molecule has 0 amide bonds. The minimum absolute atomic E-state index is 0.0136. The van der Waals surface area contributed by atoms with Gasteiger partial charge in [0.15, 0.2) is 8.32 Å². The maximum Gasteiger partial charge on any atom is 0.192 e. The van der Waals surface area contributed by atoms with E-state index in [0.717, 1.165) is 11.3 Å². The fourth-order valence-electron chi connectivity index (χ4n) is 4.13. The molecule has 45 heavy (non-hydrogen) atoms. The summed E-state index contributed by atoms with van der Waals surface area (Å²) in [7, 11) is 5.72. The van der Waals surface area contributed by atoms with Crippen LogP contribution in [0.15, 0.2) is 24.3 Å². The number of rotatable bonds is 23. The summed E-state index contributed by atoms with van der Waals surface area (Å²) in [5.41, 5.74) is 1.02. The van der Waals surface area contributed by atoms with Gasteiger partial charge in [-0.25, -0.2) is 0 Å². The Labute approximate surface area is 272 Å². The molecule has 1 aromatic carbocycles. The van der Waals surface area contributed by atoms with E-state index in [4.69, 9.17) is 47.1 Å². The molecule has 0 saturated carbocycles. The van der Waals surface area contributed by atoms with E-state index in [1.54, 1.807) is 21.3 Å². The molecule has 1 N–H and O–H groups in total. The van der Waals surface area contributed by atoms with E-state index in [-0.39, 0.29) is 37.6 Å². The first kappa shape index (κ1) is 41.4. The third kappa shape index (κ3) is 15.7. The molecule has 0 aromatic heterocycles. The van der Waals surface area contributed by atoms with E-state index < -0.39 is 32.7 Å². The molecule has 6 atom stereocenters. The zero-order valence-corrected chi connectivity index (χ0v) is 30.3. The third-order valence-electron chi connectivity index (χ3n) is 7.77. The van der Waals surface area contributed by atoms with Gasteiger partial charge in [0.05, 0.1) is 32.0 Å². The summed E-state index contributed by atoms with van der Waals surface area (Å²) in [6, 6.07) is 7.67. The molecule has 0 aliphatic rings. The number of aliphatic hydroxyl groups is 1. The van der Waals surface area contributed by atoms with E-state index in [1.807, 2.05) is 31.2 Å². The summed E-state index contributed by atoms with van der Waals surface area (Å²) in [6.45, 7) is 13.8. The van der Waals surface area contributed by atoms with Crippen LogP contribution in [0.3, 0.4) is 0 Å². The quantitative estimate of drug-likeness (QED) is 0.0761. The number of hydrogen-bond donors (Lipinski definition) is 1. The Balaban J connectivity index is 3.03. The van der Waals surface area contributed by atoms with Crippen LogP contribution in [-0.4, -0.2) is 113 Å². The molecule has 0 radical (unpaired) electrons. The smallest absolute Gasteiger partial charge is 0.192 e. The van der Waals surface area contributed by atoms with Gasteiger partial charge in [-0.1, -0.05) is 44.7 Å². The van der Waals surface area contributed by atoms with Crippen LogP contribution in [0.25, 0.3) is 0 Å². The summed E-state index contributed by atoms with van der Waals surface area (Å²) < 4.78 is 56.6. The predicted molar refractivity (Wildman–Crippen MR) is 174 cm³/mol. The van der Waals surface area contributed by atoms with Crippen molar-refractivity contribution >= 4 is 8.32 Å². The zero-order valence-electron chi connectivity index (χ0n) is 29.3. The van der Waals surface area contributed by atoms with E-state index in [2.05, 4.69) is 45.7 Å². The van der Waals surface area contributed by atoms with Crippen LogP contribution < -0.4 is 4.74 Å². The van der Waals surface area contributed by atoms with Gasteiger partial charge in [0, 0.05) is 41.5 Å². The second-order valence-electron chi connectivity index (χ2n) is 12.2. The van der Waals surface area contributed by atoms with Crippen molar-refractivity contribution in [2.45, 2.75) is 102 Å². The maximum atomic E-state index is 11.2. The highest BCUT2D eigenvalue weighted by Gasteiger charge is 2.40. The van der Waals surface area contributed by atoms with Gasteiger partial charge in [0.25, 0.3) is 0 Å². The van der Waals surface area contributed by atoms with Crippen LogP contribution in [0.2, 0.25) is 18.1 Å². The van der Waals surface area contributed by atoms with Crippen molar-refractivity contribution in [3.63, 3.8) is 0 Å². The number of ether oxygens (including phenoxy) is 9. The lowest BCUT2D eigenvalue weighted by atomic mass is 10.0. The van der Waals surface area contributed by atoms with Crippen LogP contribution in [0.4, 0.5) is 0 Å². The summed E-state index contributed by atoms with van der Waals surface area (Å²) >= 11 is 0. The van der Waals surface area contributed by atoms with Gasteiger partial charge in [-0.2, -0.15) is 0 Å². The highest BCUT2D eigenvalue weighted by atomic mass is 28.4. The van der Waals surface area contributed by atoms with Crippen molar-refractivity contribution in [3.8, 4) is 17.6 Å². The van der Waals surface area contributed by atoms with Crippen molar-refractivity contribution in [1.29, 1.82) is 0 Å². The maximum absolute atomic E-state index is 11.2. The molecule has 0 unspecified atom stereocenters. The van der Waals surface area contributed by atoms with Gasteiger partial charge in [-0.15, -0.1) is 0 Å². The number of methoxy groups -OCH3 is 5. The number of aliphatic hydroxyl groups excluding tert-OH is 1. The summed E-state index contributed by atoms with van der Waals surface area (Å²) in [5, 5.41) is 11.2. The molecule has 12 heteroatoms. The van der Waals surface area contributed by atoms with Crippen LogP contribution in [0.5, 0.6) is 5.75 Å². The van der Waals surface area contributed by atoms with Crippen LogP contribution in [0, 0.1) is 11.8 Å².